The van der Waals surface area contributed by atoms with Crippen molar-refractivity contribution in [1.82, 2.24) is 15.2 Å². The van der Waals surface area contributed by atoms with Crippen LogP contribution in [0.5, 0.6) is 0 Å². The third kappa shape index (κ3) is 3.00. The Bertz CT molecular complexity index is 1930. The van der Waals surface area contributed by atoms with E-state index in [2.05, 4.69) is 117 Å². The van der Waals surface area contributed by atoms with Gasteiger partial charge in [0.1, 0.15) is 5.69 Å². The number of nitrogens with zero attached hydrogens (tertiary/aromatic N) is 2. The number of pyridine rings is 1. The lowest BCUT2D eigenvalue weighted by atomic mass is 9.70. The molecule has 2 aliphatic carbocycles. The second-order valence-electron chi connectivity index (χ2n) is 12.3. The standard InChI is InChI=1S/C35H32N3P/c1-34(2)26-17-18-35(34,3)33-30(26)31(37-38-33)28-20-22(21-11-6-5-7-12-21)19-27(36-28)25-15-10-14-24-23-13-8-9-16-29(23)39(4)32(24)25/h5-16,19-20,26H,17-18H2,1-4H3,(H,37,38). The Balaban J connectivity index is 1.40. The molecule has 192 valence electrons. The zero-order valence-corrected chi connectivity index (χ0v) is 23.8. The molecule has 3 atom stereocenters. The monoisotopic (exact) mass is 525 g/mol. The largest absolute Gasteiger partial charge is 0.281 e. The van der Waals surface area contributed by atoms with Crippen LogP contribution in [0.4, 0.5) is 0 Å². The van der Waals surface area contributed by atoms with E-state index in [0.29, 0.717) is 5.92 Å². The van der Waals surface area contributed by atoms with Gasteiger partial charge in [-0.15, -0.1) is 7.53 Å². The predicted octanol–water partition coefficient (Wildman–Crippen LogP) is 9.81. The van der Waals surface area contributed by atoms with Crippen molar-refractivity contribution in [3.05, 3.63) is 96.2 Å². The number of H-pyrrole nitrogens is 1. The molecule has 0 aliphatic heterocycles. The molecule has 3 aromatic carbocycles. The summed E-state index contributed by atoms with van der Waals surface area (Å²) in [6.07, 6.45) is 2.44. The summed E-state index contributed by atoms with van der Waals surface area (Å²) in [6.45, 7) is 9.70. The number of hydrogen-bond acceptors (Lipinski definition) is 2. The highest BCUT2D eigenvalue weighted by molar-refractivity contribution is 7.60. The SMILES string of the molecule is Cp1c2ccccc2c2cccc(-c3cc(-c4ccccc4)cc(-c4n[nH]c5c4C4CCC5(C)C4(C)C)n3)c21. The molecule has 3 unspecified atom stereocenters. The molecule has 2 aliphatic rings. The van der Waals surface area contributed by atoms with Crippen molar-refractivity contribution in [2.75, 3.05) is 0 Å². The van der Waals surface area contributed by atoms with E-state index in [9.17, 15) is 0 Å². The maximum atomic E-state index is 5.41. The summed E-state index contributed by atoms with van der Waals surface area (Å²) in [4.78, 5) is 5.41. The van der Waals surface area contributed by atoms with E-state index in [4.69, 9.17) is 10.1 Å². The molecule has 2 bridgehead atoms. The van der Waals surface area contributed by atoms with Gasteiger partial charge in [-0.3, -0.25) is 5.10 Å². The first-order valence-corrected chi connectivity index (χ1v) is 15.8. The third-order valence-electron chi connectivity index (χ3n) is 10.3. The van der Waals surface area contributed by atoms with Gasteiger partial charge in [0.2, 0.25) is 0 Å². The third-order valence-corrected chi connectivity index (χ3v) is 12.6. The number of aryl methyl sites for hydroxylation is 1. The van der Waals surface area contributed by atoms with Crippen LogP contribution in [-0.2, 0) is 12.1 Å². The Morgan fingerprint density at radius 2 is 1.56 bits per heavy atom. The Morgan fingerprint density at radius 1 is 0.821 bits per heavy atom. The van der Waals surface area contributed by atoms with Crippen LogP contribution in [0.3, 0.4) is 0 Å². The van der Waals surface area contributed by atoms with Crippen LogP contribution in [0, 0.1) is 5.41 Å². The summed E-state index contributed by atoms with van der Waals surface area (Å²) >= 11 is 0. The van der Waals surface area contributed by atoms with Gasteiger partial charge in [-0.05, 0) is 64.9 Å². The quantitative estimate of drug-likeness (QED) is 0.250. The molecule has 0 saturated heterocycles. The van der Waals surface area contributed by atoms with Gasteiger partial charge in [0.25, 0.3) is 0 Å². The summed E-state index contributed by atoms with van der Waals surface area (Å²) in [6, 6.07) is 30.9. The minimum Gasteiger partial charge on any atom is -0.281 e. The lowest BCUT2D eigenvalue weighted by Gasteiger charge is -2.34. The van der Waals surface area contributed by atoms with E-state index < -0.39 is 7.53 Å². The molecule has 1 N–H and O–H groups in total. The van der Waals surface area contributed by atoms with Crippen molar-refractivity contribution in [3.8, 4) is 33.8 Å². The van der Waals surface area contributed by atoms with Crippen LogP contribution in [-0.4, -0.2) is 15.2 Å². The number of fused-ring (bicyclic) bond motifs is 8. The summed E-state index contributed by atoms with van der Waals surface area (Å²) < 4.78 is 0. The minimum absolute atomic E-state index is 0.141. The van der Waals surface area contributed by atoms with Gasteiger partial charge in [0.15, 0.2) is 0 Å². The van der Waals surface area contributed by atoms with Crippen molar-refractivity contribution >= 4 is 28.5 Å². The molecule has 1 saturated carbocycles. The number of nitrogens with one attached hydrogen (secondary N) is 1. The first kappa shape index (κ1) is 23.2. The molecule has 3 aromatic heterocycles. The lowest BCUT2D eigenvalue weighted by molar-refractivity contribution is 0.225. The Kier molecular flexibility index (Phi) is 4.72. The molecule has 4 heteroatoms. The van der Waals surface area contributed by atoms with Crippen molar-refractivity contribution in [2.45, 2.75) is 44.9 Å². The zero-order chi connectivity index (χ0) is 26.5. The van der Waals surface area contributed by atoms with Gasteiger partial charge in [-0.2, -0.15) is 5.10 Å². The molecule has 8 rings (SSSR count). The van der Waals surface area contributed by atoms with Gasteiger partial charge in [0, 0.05) is 32.5 Å². The molecular formula is C35H32N3P. The van der Waals surface area contributed by atoms with E-state index in [1.807, 2.05) is 0 Å². The Morgan fingerprint density at radius 3 is 2.41 bits per heavy atom. The molecule has 3 nitrogen and oxygen atoms in total. The van der Waals surface area contributed by atoms with Crippen LogP contribution in [0.15, 0.2) is 84.9 Å². The van der Waals surface area contributed by atoms with Crippen molar-refractivity contribution in [2.24, 2.45) is 12.1 Å². The molecule has 1 fully saturated rings. The summed E-state index contributed by atoms with van der Waals surface area (Å²) in [5, 5.41) is 14.1. The molecule has 3 heterocycles. The average Bonchev–Trinajstić information content (AvgIpc) is 3.64. The maximum absolute atomic E-state index is 5.41. The molecular weight excluding hydrogens is 493 g/mol. The summed E-state index contributed by atoms with van der Waals surface area (Å²) in [5.74, 6) is 0.510. The molecule has 6 aromatic rings. The minimum atomic E-state index is -0.450. The van der Waals surface area contributed by atoms with Crippen molar-refractivity contribution in [1.29, 1.82) is 0 Å². The zero-order valence-electron chi connectivity index (χ0n) is 22.9. The highest BCUT2D eigenvalue weighted by Gasteiger charge is 2.61. The van der Waals surface area contributed by atoms with E-state index in [1.165, 1.54) is 61.8 Å². The first-order valence-electron chi connectivity index (χ1n) is 14.0. The Hall–Kier alpha value is -3.68. The van der Waals surface area contributed by atoms with E-state index in [-0.39, 0.29) is 10.8 Å². The number of aromatic nitrogens is 3. The van der Waals surface area contributed by atoms with Gasteiger partial charge in [-0.25, -0.2) is 4.98 Å². The first-order chi connectivity index (χ1) is 18.9. The number of aromatic amines is 1. The number of benzene rings is 3. The topological polar surface area (TPSA) is 41.6 Å². The average molecular weight is 526 g/mol. The fraction of sp³-hybridized carbons (Fsp3) is 0.257. The van der Waals surface area contributed by atoms with Gasteiger partial charge >= 0.3 is 0 Å². The second-order valence-corrected chi connectivity index (χ2v) is 14.3. The Labute approximate surface area is 230 Å². The summed E-state index contributed by atoms with van der Waals surface area (Å²) in [7, 11) is -0.450. The normalized spacial score (nSPS) is 21.6. The molecule has 39 heavy (non-hydrogen) atoms. The van der Waals surface area contributed by atoms with Gasteiger partial charge in [0.05, 0.1) is 11.4 Å². The fourth-order valence-electron chi connectivity index (χ4n) is 7.79. The lowest BCUT2D eigenvalue weighted by Crippen LogP contribution is -2.32. The maximum Gasteiger partial charge on any atom is 0.114 e. The van der Waals surface area contributed by atoms with Crippen LogP contribution in [0.1, 0.15) is 50.8 Å². The highest BCUT2D eigenvalue weighted by Crippen LogP contribution is 2.68. The van der Waals surface area contributed by atoms with E-state index >= 15 is 0 Å². The molecule has 0 spiro atoms. The van der Waals surface area contributed by atoms with Gasteiger partial charge in [-0.1, -0.05) is 93.6 Å². The van der Waals surface area contributed by atoms with Crippen molar-refractivity contribution < 1.29 is 0 Å². The second kappa shape index (κ2) is 7.93. The van der Waals surface area contributed by atoms with Crippen molar-refractivity contribution in [3.63, 3.8) is 0 Å². The van der Waals surface area contributed by atoms with Crippen LogP contribution < -0.4 is 0 Å². The molecule has 0 radical (unpaired) electrons. The van der Waals surface area contributed by atoms with E-state index in [1.54, 1.807) is 0 Å². The smallest absolute Gasteiger partial charge is 0.114 e. The summed E-state index contributed by atoms with van der Waals surface area (Å²) in [5.41, 5.74) is 9.80. The highest BCUT2D eigenvalue weighted by atomic mass is 31.1. The van der Waals surface area contributed by atoms with Crippen LogP contribution >= 0.6 is 7.53 Å². The number of hydrogen-bond donors (Lipinski definition) is 1. The van der Waals surface area contributed by atoms with Crippen LogP contribution in [0.2, 0.25) is 0 Å². The van der Waals surface area contributed by atoms with Gasteiger partial charge < -0.3 is 0 Å². The number of rotatable bonds is 3. The van der Waals surface area contributed by atoms with E-state index in [0.717, 1.165) is 17.1 Å². The van der Waals surface area contributed by atoms with Crippen LogP contribution in [0.25, 0.3) is 54.8 Å². The molecule has 0 amide bonds. The predicted molar refractivity (Wildman–Crippen MR) is 164 cm³/mol. The fourth-order valence-corrected chi connectivity index (χ4v) is 10.0.